The Kier molecular flexibility index (Phi) is 3.71. The molecule has 0 radical (unpaired) electrons. The van der Waals surface area contributed by atoms with E-state index < -0.39 is 10.0 Å². The van der Waals surface area contributed by atoms with Gasteiger partial charge in [0, 0.05) is 23.2 Å². The molecule has 0 bridgehead atoms. The van der Waals surface area contributed by atoms with Crippen LogP contribution in [0.2, 0.25) is 0 Å². The molecule has 1 aliphatic heterocycles. The molecule has 1 aromatic carbocycles. The summed E-state index contributed by atoms with van der Waals surface area (Å²) >= 11 is 3.27. The van der Waals surface area contributed by atoms with E-state index in [0.29, 0.717) is 35.1 Å². The monoisotopic (exact) mass is 332 g/mol. The first-order chi connectivity index (χ1) is 8.32. The first-order valence-electron chi connectivity index (χ1n) is 5.87. The minimum atomic E-state index is -3.42. The highest BCUT2D eigenvalue weighted by atomic mass is 79.9. The van der Waals surface area contributed by atoms with Gasteiger partial charge in [-0.2, -0.15) is 4.31 Å². The molecule has 1 saturated heterocycles. The smallest absolute Gasteiger partial charge is 0.244 e. The third kappa shape index (κ3) is 2.41. The lowest BCUT2D eigenvalue weighted by atomic mass is 10.0. The Morgan fingerprint density at radius 1 is 1.28 bits per heavy atom. The van der Waals surface area contributed by atoms with E-state index in [1.807, 2.05) is 0 Å². The van der Waals surface area contributed by atoms with Crippen LogP contribution < -0.4 is 5.73 Å². The highest BCUT2D eigenvalue weighted by Crippen LogP contribution is 2.32. The number of rotatable bonds is 2. The third-order valence-electron chi connectivity index (χ3n) is 3.53. The van der Waals surface area contributed by atoms with E-state index in [1.165, 1.54) is 0 Å². The number of nitrogen functional groups attached to an aromatic ring is 1. The Labute approximate surface area is 116 Å². The van der Waals surface area contributed by atoms with Crippen molar-refractivity contribution in [1.29, 1.82) is 0 Å². The van der Waals surface area contributed by atoms with Crippen LogP contribution in [-0.2, 0) is 10.0 Å². The van der Waals surface area contributed by atoms with Crippen molar-refractivity contribution in [3.8, 4) is 0 Å². The third-order valence-corrected chi connectivity index (χ3v) is 6.34. The van der Waals surface area contributed by atoms with Crippen LogP contribution in [0.3, 0.4) is 0 Å². The lowest BCUT2D eigenvalue weighted by Crippen LogP contribution is -2.29. The number of anilines is 1. The lowest BCUT2D eigenvalue weighted by molar-refractivity contribution is 0.463. The van der Waals surface area contributed by atoms with Crippen LogP contribution in [0.5, 0.6) is 0 Å². The predicted molar refractivity (Wildman–Crippen MR) is 75.6 cm³/mol. The highest BCUT2D eigenvalue weighted by Gasteiger charge is 2.35. The number of hydrogen-bond acceptors (Lipinski definition) is 3. The molecule has 0 aliphatic carbocycles. The molecular formula is C12H17BrN2O2S. The SMILES string of the molecule is CC1CN(S(=O)(=O)c2ccc(N)cc2Br)CC1C. The van der Waals surface area contributed by atoms with Gasteiger partial charge in [0.05, 0.1) is 4.90 Å². The number of nitrogens with zero attached hydrogens (tertiary/aromatic N) is 1. The molecule has 0 saturated carbocycles. The van der Waals surface area contributed by atoms with Crippen molar-refractivity contribution in [2.45, 2.75) is 18.7 Å². The second-order valence-corrected chi connectivity index (χ2v) is 7.73. The topological polar surface area (TPSA) is 63.4 Å². The molecule has 2 atom stereocenters. The Bertz CT molecular complexity index is 549. The van der Waals surface area contributed by atoms with Gasteiger partial charge in [0.2, 0.25) is 10.0 Å². The van der Waals surface area contributed by atoms with Crippen LogP contribution in [0.4, 0.5) is 5.69 Å². The minimum absolute atomic E-state index is 0.290. The summed E-state index contributed by atoms with van der Waals surface area (Å²) < 4.78 is 27.1. The fraction of sp³-hybridized carbons (Fsp3) is 0.500. The average molecular weight is 333 g/mol. The lowest BCUT2D eigenvalue weighted by Gasteiger charge is -2.17. The number of halogens is 1. The first-order valence-corrected chi connectivity index (χ1v) is 8.11. The van der Waals surface area contributed by atoms with Gasteiger partial charge in [-0.15, -0.1) is 0 Å². The molecule has 1 aromatic rings. The molecule has 2 N–H and O–H groups in total. The zero-order chi connectivity index (χ0) is 13.5. The van der Waals surface area contributed by atoms with Gasteiger partial charge in [-0.05, 0) is 46.0 Å². The zero-order valence-electron chi connectivity index (χ0n) is 10.4. The van der Waals surface area contributed by atoms with E-state index in [2.05, 4.69) is 29.8 Å². The van der Waals surface area contributed by atoms with E-state index in [1.54, 1.807) is 22.5 Å². The summed E-state index contributed by atoms with van der Waals surface area (Å²) in [6.07, 6.45) is 0. The van der Waals surface area contributed by atoms with E-state index in [4.69, 9.17) is 5.73 Å². The van der Waals surface area contributed by atoms with Gasteiger partial charge in [0.1, 0.15) is 0 Å². The Morgan fingerprint density at radius 3 is 2.33 bits per heavy atom. The maximum atomic E-state index is 12.5. The van der Waals surface area contributed by atoms with Gasteiger partial charge in [0.25, 0.3) is 0 Å². The van der Waals surface area contributed by atoms with E-state index in [0.717, 1.165) is 0 Å². The van der Waals surface area contributed by atoms with Crippen LogP contribution in [0.25, 0.3) is 0 Å². The number of hydrogen-bond donors (Lipinski definition) is 1. The second-order valence-electron chi connectivity index (χ2n) is 4.97. The summed E-state index contributed by atoms with van der Waals surface area (Å²) in [6.45, 7) is 5.33. The normalized spacial score (nSPS) is 25.5. The molecule has 4 nitrogen and oxygen atoms in total. The van der Waals surface area contributed by atoms with Crippen LogP contribution in [0.1, 0.15) is 13.8 Å². The molecule has 2 unspecified atom stereocenters. The predicted octanol–water partition coefficient (Wildman–Crippen LogP) is 2.31. The van der Waals surface area contributed by atoms with E-state index >= 15 is 0 Å². The molecule has 0 amide bonds. The van der Waals surface area contributed by atoms with Crippen LogP contribution in [-0.4, -0.2) is 25.8 Å². The van der Waals surface area contributed by atoms with Gasteiger partial charge >= 0.3 is 0 Å². The summed E-state index contributed by atoms with van der Waals surface area (Å²) in [6, 6.07) is 4.79. The van der Waals surface area contributed by atoms with Crippen LogP contribution in [0.15, 0.2) is 27.6 Å². The molecule has 1 fully saturated rings. The van der Waals surface area contributed by atoms with Crippen LogP contribution >= 0.6 is 15.9 Å². The molecule has 100 valence electrons. The number of benzene rings is 1. The molecule has 0 spiro atoms. The summed E-state index contributed by atoms with van der Waals surface area (Å²) in [7, 11) is -3.42. The van der Waals surface area contributed by atoms with E-state index in [9.17, 15) is 8.42 Å². The first kappa shape index (κ1) is 13.8. The molecule has 2 rings (SSSR count). The van der Waals surface area contributed by atoms with Crippen molar-refractivity contribution in [3.63, 3.8) is 0 Å². The van der Waals surface area contributed by atoms with Gasteiger partial charge in [-0.1, -0.05) is 13.8 Å². The van der Waals surface area contributed by atoms with Crippen molar-refractivity contribution in [1.82, 2.24) is 4.31 Å². The zero-order valence-corrected chi connectivity index (χ0v) is 12.8. The maximum absolute atomic E-state index is 12.5. The highest BCUT2D eigenvalue weighted by molar-refractivity contribution is 9.10. The second kappa shape index (κ2) is 4.83. The van der Waals surface area contributed by atoms with Gasteiger partial charge in [-0.25, -0.2) is 8.42 Å². The summed E-state index contributed by atoms with van der Waals surface area (Å²) in [4.78, 5) is 0.290. The summed E-state index contributed by atoms with van der Waals surface area (Å²) in [5.74, 6) is 0.791. The van der Waals surface area contributed by atoms with Crippen molar-refractivity contribution in [3.05, 3.63) is 22.7 Å². The molecule has 6 heteroatoms. The quantitative estimate of drug-likeness (QED) is 0.845. The molecule has 18 heavy (non-hydrogen) atoms. The van der Waals surface area contributed by atoms with Crippen molar-refractivity contribution < 1.29 is 8.42 Å². The molecule has 0 aromatic heterocycles. The molecule has 1 aliphatic rings. The van der Waals surface area contributed by atoms with Gasteiger partial charge in [-0.3, -0.25) is 0 Å². The van der Waals surface area contributed by atoms with Crippen LogP contribution in [0, 0.1) is 11.8 Å². The average Bonchev–Trinajstić information content (AvgIpc) is 2.59. The van der Waals surface area contributed by atoms with Crippen molar-refractivity contribution in [2.24, 2.45) is 11.8 Å². The summed E-state index contributed by atoms with van der Waals surface area (Å²) in [5.41, 5.74) is 6.18. The number of sulfonamides is 1. The van der Waals surface area contributed by atoms with Gasteiger partial charge in [0.15, 0.2) is 0 Å². The number of nitrogens with two attached hydrogens (primary N) is 1. The fourth-order valence-corrected chi connectivity index (χ4v) is 4.83. The minimum Gasteiger partial charge on any atom is -0.399 e. The summed E-state index contributed by atoms with van der Waals surface area (Å²) in [5, 5.41) is 0. The standard InChI is InChI=1S/C12H17BrN2O2S/c1-8-6-15(7-9(8)2)18(16,17)12-4-3-10(14)5-11(12)13/h3-5,8-9H,6-7,14H2,1-2H3. The van der Waals surface area contributed by atoms with Crippen molar-refractivity contribution in [2.75, 3.05) is 18.8 Å². The van der Waals surface area contributed by atoms with Gasteiger partial charge < -0.3 is 5.73 Å². The largest absolute Gasteiger partial charge is 0.399 e. The Hall–Kier alpha value is -0.590. The van der Waals surface area contributed by atoms with Crippen molar-refractivity contribution >= 4 is 31.6 Å². The Balaban J connectivity index is 2.37. The Morgan fingerprint density at radius 2 is 1.83 bits per heavy atom. The van der Waals surface area contributed by atoms with E-state index in [-0.39, 0.29) is 4.90 Å². The molecular weight excluding hydrogens is 316 g/mol. The molecule has 1 heterocycles. The maximum Gasteiger partial charge on any atom is 0.244 e. The fourth-order valence-electron chi connectivity index (χ4n) is 2.14.